The fraction of sp³-hybridized carbons (Fsp3) is 0.471. The van der Waals surface area contributed by atoms with Gasteiger partial charge in [0.25, 0.3) is 11.4 Å². The van der Waals surface area contributed by atoms with E-state index >= 15 is 0 Å². The highest BCUT2D eigenvalue weighted by Crippen LogP contribution is 2.54. The third kappa shape index (κ3) is 7.89. The van der Waals surface area contributed by atoms with Crippen LogP contribution in [0.25, 0.3) is 0 Å². The van der Waals surface area contributed by atoms with Crippen molar-refractivity contribution in [3.05, 3.63) is 90.5 Å². The Morgan fingerprint density at radius 2 is 1.48 bits per heavy atom. The Morgan fingerprint density at radius 3 is 2.04 bits per heavy atom. The van der Waals surface area contributed by atoms with Crippen LogP contribution in [0.3, 0.4) is 0 Å². The highest BCUT2D eigenvalue weighted by Gasteiger charge is 2.58. The van der Waals surface area contributed by atoms with Gasteiger partial charge in [0.15, 0.2) is 0 Å². The molecule has 0 spiro atoms. The fourth-order valence-corrected chi connectivity index (χ4v) is 8.79. The Labute approximate surface area is 308 Å². The molecule has 52 heavy (non-hydrogen) atoms. The smallest absolute Gasteiger partial charge is 0.410 e. The van der Waals surface area contributed by atoms with Crippen LogP contribution in [-0.2, 0) is 32.3 Å². The molecular weight excluding hydrogens is 717 g/mol. The van der Waals surface area contributed by atoms with Gasteiger partial charge in [0.2, 0.25) is 16.9 Å². The molecule has 0 saturated carbocycles. The summed E-state index contributed by atoms with van der Waals surface area (Å²) in [4.78, 5) is 68.0. The molecule has 0 aliphatic carbocycles. The van der Waals surface area contributed by atoms with E-state index in [0.717, 1.165) is 11.3 Å². The minimum absolute atomic E-state index is 0.0195. The predicted molar refractivity (Wildman–Crippen MR) is 192 cm³/mol. The topological polar surface area (TPSA) is 189 Å². The Hall–Kier alpha value is -4.65. The first kappa shape index (κ1) is 37.1. The van der Waals surface area contributed by atoms with E-state index < -0.39 is 28.0 Å². The van der Waals surface area contributed by atoms with Crippen molar-refractivity contribution in [3.63, 3.8) is 0 Å². The van der Waals surface area contributed by atoms with Crippen molar-refractivity contribution in [3.8, 4) is 0 Å². The largest absolute Gasteiger partial charge is 0.477 e. The van der Waals surface area contributed by atoms with Gasteiger partial charge >= 0.3 is 6.09 Å². The third-order valence-corrected chi connectivity index (χ3v) is 11.6. The Kier molecular flexibility index (Phi) is 11.4. The quantitative estimate of drug-likeness (QED) is 0.143. The van der Waals surface area contributed by atoms with E-state index in [-0.39, 0.29) is 59.3 Å². The molecule has 4 aliphatic rings. The van der Waals surface area contributed by atoms with Crippen LogP contribution in [0.4, 0.5) is 16.2 Å². The van der Waals surface area contributed by atoms with Crippen molar-refractivity contribution >= 4 is 58.3 Å². The van der Waals surface area contributed by atoms with Crippen LogP contribution in [0.5, 0.6) is 0 Å². The number of aliphatic hydroxyl groups excluding tert-OH is 1. The lowest BCUT2D eigenvalue weighted by Crippen LogP contribution is -2.61. The molecule has 3 fully saturated rings. The lowest BCUT2D eigenvalue weighted by molar-refractivity contribution is -0.385. The number of likely N-dealkylation sites (tertiary alicyclic amines) is 1. The second-order valence-corrected chi connectivity index (χ2v) is 14.5. The summed E-state index contributed by atoms with van der Waals surface area (Å²) in [6.07, 6.45) is -0.137. The van der Waals surface area contributed by atoms with Crippen molar-refractivity contribution in [1.29, 1.82) is 0 Å². The summed E-state index contributed by atoms with van der Waals surface area (Å²) in [6, 6.07) is 11.7. The number of thiocarbonyl (C=S) groups is 1. The number of carbonyl (C=O) groups excluding carboxylic acids is 3. The van der Waals surface area contributed by atoms with Crippen LogP contribution in [-0.4, -0.2) is 115 Å². The van der Waals surface area contributed by atoms with Gasteiger partial charge < -0.3 is 24.4 Å². The van der Waals surface area contributed by atoms with Crippen LogP contribution in [0.15, 0.2) is 59.1 Å². The van der Waals surface area contributed by atoms with E-state index in [9.17, 15) is 39.7 Å². The molecule has 2 aromatic rings. The molecular formula is C34H38N6O10S2. The van der Waals surface area contributed by atoms with Crippen molar-refractivity contribution in [2.45, 2.75) is 44.5 Å². The standard InChI is InChI=1S/C34H38N6O10S2/c1-2-26(41)28-31(43)38-29(33(51)49-19-21-3-7-24(8-4-21)39(45)46)30(52-32(28)38)23-11-12-35(17-23)18-27(42)36-13-15-37(16-14-36)34(44)50-20-22-5-9-25(10-6-22)40(47)48/h3-10,23,26,28,32,41H,2,11-20H2,1H3/t23?,26-,28+,32+/m0/s1. The van der Waals surface area contributed by atoms with Crippen LogP contribution in [0.2, 0.25) is 0 Å². The average Bonchev–Trinajstić information content (AvgIpc) is 3.75. The third-order valence-electron chi connectivity index (χ3n) is 9.75. The second kappa shape index (κ2) is 15.9. The van der Waals surface area contributed by atoms with Crippen LogP contribution < -0.4 is 0 Å². The van der Waals surface area contributed by atoms with Gasteiger partial charge in [-0.3, -0.25) is 39.6 Å². The average molecular weight is 755 g/mol. The summed E-state index contributed by atoms with van der Waals surface area (Å²) >= 11 is 7.23. The molecule has 0 bridgehead atoms. The summed E-state index contributed by atoms with van der Waals surface area (Å²) in [6.45, 7) is 4.61. The molecule has 3 amide bonds. The van der Waals surface area contributed by atoms with Gasteiger partial charge in [0.1, 0.15) is 24.3 Å². The van der Waals surface area contributed by atoms with Gasteiger partial charge in [0.05, 0.1) is 28.4 Å². The summed E-state index contributed by atoms with van der Waals surface area (Å²) in [5, 5.41) is 32.3. The minimum atomic E-state index is -0.786. The second-order valence-electron chi connectivity index (χ2n) is 13.0. The number of amides is 3. The maximum atomic E-state index is 13.3. The first-order valence-corrected chi connectivity index (χ1v) is 18.2. The highest BCUT2D eigenvalue weighted by molar-refractivity contribution is 8.04. The first-order chi connectivity index (χ1) is 24.9. The number of non-ortho nitro benzene ring substituents is 2. The number of thioether (sulfide) groups is 1. The highest BCUT2D eigenvalue weighted by atomic mass is 32.2. The number of β-lactam (4-membered cyclic amide) rings is 1. The van der Waals surface area contributed by atoms with Crippen LogP contribution >= 0.6 is 24.0 Å². The van der Waals surface area contributed by atoms with E-state index in [2.05, 4.69) is 4.90 Å². The van der Waals surface area contributed by atoms with E-state index in [4.69, 9.17) is 21.7 Å². The zero-order valence-electron chi connectivity index (χ0n) is 28.3. The van der Waals surface area contributed by atoms with Crippen LogP contribution in [0.1, 0.15) is 30.9 Å². The molecule has 3 saturated heterocycles. The molecule has 1 unspecified atom stereocenters. The number of benzene rings is 2. The van der Waals surface area contributed by atoms with Gasteiger partial charge in [0, 0.05) is 67.8 Å². The number of nitrogens with zero attached hydrogens (tertiary/aromatic N) is 6. The maximum Gasteiger partial charge on any atom is 0.410 e. The fourth-order valence-electron chi connectivity index (χ4n) is 6.75. The van der Waals surface area contributed by atoms with E-state index in [1.165, 1.54) is 53.1 Å². The Balaban J connectivity index is 1.03. The van der Waals surface area contributed by atoms with Gasteiger partial charge in [-0.05, 0) is 67.0 Å². The number of fused-ring (bicyclic) bond motifs is 1. The summed E-state index contributed by atoms with van der Waals surface area (Å²) in [5.74, 6) is -0.844. The molecule has 1 N–H and O–H groups in total. The molecule has 0 radical (unpaired) electrons. The van der Waals surface area contributed by atoms with Crippen molar-refractivity contribution in [2.75, 3.05) is 45.8 Å². The molecule has 2 aromatic carbocycles. The van der Waals surface area contributed by atoms with E-state index in [0.29, 0.717) is 62.5 Å². The van der Waals surface area contributed by atoms with Gasteiger partial charge in [-0.1, -0.05) is 6.92 Å². The zero-order valence-corrected chi connectivity index (χ0v) is 30.0. The number of aliphatic hydroxyl groups is 1. The lowest BCUT2D eigenvalue weighted by Gasteiger charge is -2.44. The lowest BCUT2D eigenvalue weighted by atomic mass is 9.89. The number of carbonyl (C=O) groups is 3. The number of ether oxygens (including phenoxy) is 2. The molecule has 4 aliphatic heterocycles. The van der Waals surface area contributed by atoms with Gasteiger partial charge in [-0.15, -0.1) is 11.8 Å². The molecule has 16 nitrogen and oxygen atoms in total. The van der Waals surface area contributed by atoms with E-state index in [1.54, 1.807) is 21.9 Å². The number of hydrogen-bond acceptors (Lipinski definition) is 13. The van der Waals surface area contributed by atoms with Gasteiger partial charge in [-0.25, -0.2) is 4.79 Å². The van der Waals surface area contributed by atoms with Crippen LogP contribution in [0, 0.1) is 32.1 Å². The minimum Gasteiger partial charge on any atom is -0.477 e. The SMILES string of the molecule is CC[C@H](O)[C@@H]1C(=O)N2C(C(=S)OCc3ccc([N+](=O)[O-])cc3)=C(C3CCN(CC(=O)N4CCN(C(=O)OCc5ccc([N+](=O)[O-])cc5)CC4)C3)S[C@H]12. The zero-order chi connectivity index (χ0) is 37.1. The first-order valence-electron chi connectivity index (χ1n) is 16.9. The maximum absolute atomic E-state index is 13.3. The normalized spacial score (nSPS) is 22.2. The molecule has 6 rings (SSSR count). The number of piperazine rings is 1. The Morgan fingerprint density at radius 1 is 0.923 bits per heavy atom. The van der Waals surface area contributed by atoms with Gasteiger partial charge in [-0.2, -0.15) is 0 Å². The summed E-state index contributed by atoms with van der Waals surface area (Å²) in [5.41, 5.74) is 1.74. The Bertz CT molecular complexity index is 1770. The monoisotopic (exact) mass is 754 g/mol. The number of nitro benzene ring substituents is 2. The molecule has 18 heteroatoms. The van der Waals surface area contributed by atoms with Crippen molar-refractivity contribution < 1.29 is 38.8 Å². The molecule has 4 atom stereocenters. The predicted octanol–water partition coefficient (Wildman–Crippen LogP) is 3.66. The molecule has 4 heterocycles. The number of nitro groups is 2. The molecule has 0 aromatic heterocycles. The number of hydrogen-bond donors (Lipinski definition) is 1. The van der Waals surface area contributed by atoms with Crippen molar-refractivity contribution in [2.24, 2.45) is 11.8 Å². The summed E-state index contributed by atoms with van der Waals surface area (Å²) in [7, 11) is 0. The summed E-state index contributed by atoms with van der Waals surface area (Å²) < 4.78 is 11.4. The van der Waals surface area contributed by atoms with Crippen molar-refractivity contribution in [1.82, 2.24) is 19.6 Å². The van der Waals surface area contributed by atoms with E-state index in [1.807, 2.05) is 6.92 Å². The number of rotatable bonds is 12. The molecule has 276 valence electrons.